The van der Waals surface area contributed by atoms with E-state index < -0.39 is 5.97 Å². The summed E-state index contributed by atoms with van der Waals surface area (Å²) in [6, 6.07) is 0. The Bertz CT molecular complexity index is 251. The third-order valence-corrected chi connectivity index (χ3v) is 3.65. The van der Waals surface area contributed by atoms with Crippen molar-refractivity contribution in [3.05, 3.63) is 0 Å². The average Bonchev–Trinajstić information content (AvgIpc) is 2.11. The van der Waals surface area contributed by atoms with Crippen molar-refractivity contribution >= 4 is 23.6 Å². The molecule has 0 aromatic heterocycles. The van der Waals surface area contributed by atoms with Crippen molar-refractivity contribution in [3.63, 3.8) is 0 Å². The SMILES string of the molecule is CC1(CNC(=O)CSCC(=O)O)CCC1. The molecule has 1 amide bonds. The van der Waals surface area contributed by atoms with Crippen LogP contribution < -0.4 is 5.32 Å². The van der Waals surface area contributed by atoms with Gasteiger partial charge in [-0.2, -0.15) is 0 Å². The molecule has 1 saturated carbocycles. The van der Waals surface area contributed by atoms with Crippen LogP contribution in [0.5, 0.6) is 0 Å². The summed E-state index contributed by atoms with van der Waals surface area (Å²) in [5, 5.41) is 11.2. The highest BCUT2D eigenvalue weighted by Crippen LogP contribution is 2.39. The van der Waals surface area contributed by atoms with Gasteiger partial charge in [-0.15, -0.1) is 11.8 Å². The van der Waals surface area contributed by atoms with Gasteiger partial charge in [0, 0.05) is 6.54 Å². The fraction of sp³-hybridized carbons (Fsp3) is 0.800. The summed E-state index contributed by atoms with van der Waals surface area (Å²) >= 11 is 1.13. The molecule has 0 saturated heterocycles. The number of carboxylic acid groups (broad SMARTS) is 1. The van der Waals surface area contributed by atoms with Crippen LogP contribution in [0.3, 0.4) is 0 Å². The van der Waals surface area contributed by atoms with Gasteiger partial charge in [0.25, 0.3) is 0 Å². The summed E-state index contributed by atoms with van der Waals surface area (Å²) in [5.41, 5.74) is 0.285. The molecule has 1 fully saturated rings. The maximum atomic E-state index is 11.3. The molecule has 5 heteroatoms. The van der Waals surface area contributed by atoms with Crippen molar-refractivity contribution in [2.45, 2.75) is 26.2 Å². The first-order valence-electron chi connectivity index (χ1n) is 5.08. The minimum atomic E-state index is -0.876. The zero-order valence-electron chi connectivity index (χ0n) is 8.91. The first-order chi connectivity index (χ1) is 7.02. The van der Waals surface area contributed by atoms with Gasteiger partial charge < -0.3 is 10.4 Å². The van der Waals surface area contributed by atoms with Crippen LogP contribution in [0.1, 0.15) is 26.2 Å². The summed E-state index contributed by atoms with van der Waals surface area (Å²) in [7, 11) is 0. The number of nitrogens with one attached hydrogen (secondary N) is 1. The highest BCUT2D eigenvalue weighted by atomic mass is 32.2. The lowest BCUT2D eigenvalue weighted by atomic mass is 9.70. The largest absolute Gasteiger partial charge is 0.481 e. The molecular weight excluding hydrogens is 214 g/mol. The molecule has 0 radical (unpaired) electrons. The first kappa shape index (κ1) is 12.4. The molecule has 2 N–H and O–H groups in total. The Labute approximate surface area is 93.8 Å². The van der Waals surface area contributed by atoms with E-state index in [1.165, 1.54) is 19.3 Å². The van der Waals surface area contributed by atoms with Crippen molar-refractivity contribution in [3.8, 4) is 0 Å². The number of hydrogen-bond donors (Lipinski definition) is 2. The molecule has 86 valence electrons. The molecule has 0 atom stereocenters. The van der Waals surface area contributed by atoms with E-state index in [1.807, 2.05) is 0 Å². The van der Waals surface area contributed by atoms with E-state index in [4.69, 9.17) is 5.11 Å². The predicted molar refractivity (Wildman–Crippen MR) is 59.9 cm³/mol. The Kier molecular flexibility index (Phi) is 4.45. The summed E-state index contributed by atoms with van der Waals surface area (Å²) in [4.78, 5) is 21.5. The molecule has 0 bridgehead atoms. The maximum Gasteiger partial charge on any atom is 0.313 e. The van der Waals surface area contributed by atoms with Gasteiger partial charge in [-0.25, -0.2) is 0 Å². The van der Waals surface area contributed by atoms with Crippen LogP contribution in [0.4, 0.5) is 0 Å². The van der Waals surface area contributed by atoms with E-state index in [9.17, 15) is 9.59 Å². The van der Waals surface area contributed by atoms with Crippen LogP contribution in [0.15, 0.2) is 0 Å². The normalized spacial score (nSPS) is 17.9. The van der Waals surface area contributed by atoms with Crippen LogP contribution in [0.25, 0.3) is 0 Å². The number of carboxylic acids is 1. The molecule has 0 unspecified atom stereocenters. The summed E-state index contributed by atoms with van der Waals surface area (Å²) in [6.07, 6.45) is 3.60. The van der Waals surface area contributed by atoms with Crippen LogP contribution in [-0.2, 0) is 9.59 Å². The summed E-state index contributed by atoms with van der Waals surface area (Å²) in [5.74, 6) is -0.708. The number of thioether (sulfide) groups is 1. The average molecular weight is 231 g/mol. The van der Waals surface area contributed by atoms with Crippen molar-refractivity contribution in [2.24, 2.45) is 5.41 Å². The Morgan fingerprint density at radius 1 is 1.40 bits per heavy atom. The molecule has 0 aromatic rings. The summed E-state index contributed by atoms with van der Waals surface area (Å²) < 4.78 is 0. The number of carbonyl (C=O) groups is 2. The number of hydrogen-bond acceptors (Lipinski definition) is 3. The van der Waals surface area contributed by atoms with Crippen LogP contribution >= 0.6 is 11.8 Å². The van der Waals surface area contributed by atoms with Crippen molar-refractivity contribution in [2.75, 3.05) is 18.1 Å². The topological polar surface area (TPSA) is 66.4 Å². The smallest absolute Gasteiger partial charge is 0.313 e. The van der Waals surface area contributed by atoms with Gasteiger partial charge in [0.05, 0.1) is 11.5 Å². The lowest BCUT2D eigenvalue weighted by Crippen LogP contribution is -2.40. The number of carbonyl (C=O) groups excluding carboxylic acids is 1. The molecule has 1 rings (SSSR count). The fourth-order valence-corrected chi connectivity index (χ4v) is 2.12. The van der Waals surface area contributed by atoms with Gasteiger partial charge in [0.1, 0.15) is 0 Å². The highest BCUT2D eigenvalue weighted by molar-refractivity contribution is 8.00. The van der Waals surface area contributed by atoms with Gasteiger partial charge >= 0.3 is 5.97 Å². The molecule has 15 heavy (non-hydrogen) atoms. The van der Waals surface area contributed by atoms with E-state index in [0.29, 0.717) is 0 Å². The third-order valence-electron chi connectivity index (χ3n) is 2.73. The monoisotopic (exact) mass is 231 g/mol. The Balaban J connectivity index is 2.05. The van der Waals surface area contributed by atoms with Gasteiger partial charge in [0.2, 0.25) is 5.91 Å². The molecule has 1 aliphatic rings. The second-order valence-corrected chi connectivity index (χ2v) is 5.31. The summed E-state index contributed by atoms with van der Waals surface area (Å²) in [6.45, 7) is 2.89. The standard InChI is InChI=1S/C10H17NO3S/c1-10(3-2-4-10)7-11-8(12)5-15-6-9(13)14/h2-7H2,1H3,(H,11,12)(H,13,14). The maximum absolute atomic E-state index is 11.3. The second-order valence-electron chi connectivity index (χ2n) is 4.33. The van der Waals surface area contributed by atoms with Crippen LogP contribution in [0, 0.1) is 5.41 Å². The minimum Gasteiger partial charge on any atom is -0.481 e. The van der Waals surface area contributed by atoms with E-state index in [-0.39, 0.29) is 22.8 Å². The Morgan fingerprint density at radius 3 is 2.53 bits per heavy atom. The second kappa shape index (κ2) is 5.39. The third kappa shape index (κ3) is 4.55. The lowest BCUT2D eigenvalue weighted by Gasteiger charge is -2.38. The Hall–Kier alpha value is -0.710. The van der Waals surface area contributed by atoms with Crippen molar-refractivity contribution < 1.29 is 14.7 Å². The van der Waals surface area contributed by atoms with Gasteiger partial charge in [-0.3, -0.25) is 9.59 Å². The molecule has 0 aromatic carbocycles. The first-order valence-corrected chi connectivity index (χ1v) is 6.24. The number of aliphatic carboxylic acids is 1. The molecule has 4 nitrogen and oxygen atoms in total. The van der Waals surface area contributed by atoms with Gasteiger partial charge in [0.15, 0.2) is 0 Å². The molecular formula is C10H17NO3S. The predicted octanol–water partition coefficient (Wildman–Crippen LogP) is 1.11. The highest BCUT2D eigenvalue weighted by Gasteiger charge is 2.31. The quantitative estimate of drug-likeness (QED) is 0.718. The van der Waals surface area contributed by atoms with E-state index in [0.717, 1.165) is 18.3 Å². The number of rotatable bonds is 6. The molecule has 0 aliphatic heterocycles. The van der Waals surface area contributed by atoms with E-state index >= 15 is 0 Å². The van der Waals surface area contributed by atoms with Crippen LogP contribution in [0.2, 0.25) is 0 Å². The van der Waals surface area contributed by atoms with Gasteiger partial charge in [-0.05, 0) is 18.3 Å². The zero-order chi connectivity index (χ0) is 11.3. The minimum absolute atomic E-state index is 0.00924. The van der Waals surface area contributed by atoms with Gasteiger partial charge in [-0.1, -0.05) is 13.3 Å². The van der Waals surface area contributed by atoms with Crippen LogP contribution in [-0.4, -0.2) is 35.0 Å². The number of amides is 1. The Morgan fingerprint density at radius 2 is 2.07 bits per heavy atom. The molecule has 0 spiro atoms. The van der Waals surface area contributed by atoms with Crippen molar-refractivity contribution in [1.82, 2.24) is 5.32 Å². The van der Waals surface area contributed by atoms with E-state index in [2.05, 4.69) is 12.2 Å². The van der Waals surface area contributed by atoms with E-state index in [1.54, 1.807) is 0 Å². The van der Waals surface area contributed by atoms with Crippen molar-refractivity contribution in [1.29, 1.82) is 0 Å². The fourth-order valence-electron chi connectivity index (χ4n) is 1.55. The molecule has 1 aliphatic carbocycles. The zero-order valence-corrected chi connectivity index (χ0v) is 9.73. The lowest BCUT2D eigenvalue weighted by molar-refractivity contribution is -0.133. The molecule has 0 heterocycles.